The van der Waals surface area contributed by atoms with E-state index in [2.05, 4.69) is 43.5 Å². The Morgan fingerprint density at radius 1 is 0.515 bits per heavy atom. The Bertz CT molecular complexity index is 1170. The third kappa shape index (κ3) is 50.6. The van der Waals surface area contributed by atoms with Crippen LogP contribution in [0.4, 0.5) is 0 Å². The van der Waals surface area contributed by atoms with E-state index in [1.165, 1.54) is 199 Å². The van der Waals surface area contributed by atoms with Gasteiger partial charge in [0.15, 0.2) is 0 Å². The van der Waals surface area contributed by atoms with Crippen LogP contribution in [0.1, 0.15) is 271 Å². The molecule has 0 aromatic rings. The molecular formula is C57H112N2O6P+. The standard InChI is InChI=1S/C57H111N2O6P/c1-6-8-10-12-14-16-18-19-20-21-22-23-24-25-26-27-28-29-30-31-32-33-34-35-36-37-38-39-40-41-43-45-47-49-51-57(61)58-55(54-65-66(62,63)64-53-52-59(3,4)5)56(60)50-48-46-44-42-17-15-13-11-9-7-2/h9,11,17,42,48,50,55-56,60H,6-8,10,12-16,18-41,43-47,49,51-54H2,1-5H3,(H-,58,61,62,63)/p+1/b11-9+,42-17+,50-48+. The molecule has 3 atom stereocenters. The van der Waals surface area contributed by atoms with Gasteiger partial charge in [0, 0.05) is 6.42 Å². The van der Waals surface area contributed by atoms with Gasteiger partial charge >= 0.3 is 7.82 Å². The lowest BCUT2D eigenvalue weighted by Crippen LogP contribution is -2.45. The van der Waals surface area contributed by atoms with Crippen LogP contribution in [0.15, 0.2) is 36.5 Å². The van der Waals surface area contributed by atoms with Gasteiger partial charge in [0.05, 0.1) is 39.9 Å². The van der Waals surface area contributed by atoms with E-state index in [1.807, 2.05) is 27.2 Å². The van der Waals surface area contributed by atoms with Gasteiger partial charge in [-0.2, -0.15) is 0 Å². The van der Waals surface area contributed by atoms with E-state index in [1.54, 1.807) is 6.08 Å². The second-order valence-corrected chi connectivity index (χ2v) is 22.1. The number of allylic oxidation sites excluding steroid dienone is 5. The van der Waals surface area contributed by atoms with E-state index >= 15 is 0 Å². The molecule has 0 fully saturated rings. The van der Waals surface area contributed by atoms with E-state index in [-0.39, 0.29) is 19.1 Å². The highest BCUT2D eigenvalue weighted by Gasteiger charge is 2.27. The van der Waals surface area contributed by atoms with Crippen molar-refractivity contribution in [3.8, 4) is 0 Å². The largest absolute Gasteiger partial charge is 0.472 e. The van der Waals surface area contributed by atoms with E-state index in [0.717, 1.165) is 51.4 Å². The fourth-order valence-corrected chi connectivity index (χ4v) is 9.17. The van der Waals surface area contributed by atoms with Crippen molar-refractivity contribution < 1.29 is 32.9 Å². The molecule has 0 radical (unpaired) electrons. The zero-order valence-corrected chi connectivity index (χ0v) is 45.3. The van der Waals surface area contributed by atoms with Crippen LogP contribution in [0.2, 0.25) is 0 Å². The summed E-state index contributed by atoms with van der Waals surface area (Å²) in [6.45, 7) is 4.68. The minimum atomic E-state index is -4.35. The van der Waals surface area contributed by atoms with Crippen molar-refractivity contribution in [1.29, 1.82) is 0 Å². The summed E-state index contributed by atoms with van der Waals surface area (Å²) in [4.78, 5) is 23.2. The minimum Gasteiger partial charge on any atom is -0.387 e. The van der Waals surface area contributed by atoms with Gasteiger partial charge in [0.25, 0.3) is 0 Å². The van der Waals surface area contributed by atoms with Crippen molar-refractivity contribution in [2.45, 2.75) is 283 Å². The number of hydrogen-bond donors (Lipinski definition) is 3. The van der Waals surface area contributed by atoms with Crippen molar-refractivity contribution >= 4 is 13.7 Å². The van der Waals surface area contributed by atoms with Crippen LogP contribution < -0.4 is 5.32 Å². The van der Waals surface area contributed by atoms with Gasteiger partial charge in [-0.3, -0.25) is 13.8 Å². The van der Waals surface area contributed by atoms with Gasteiger partial charge in [-0.15, -0.1) is 0 Å². The first-order valence-corrected chi connectivity index (χ1v) is 29.9. The van der Waals surface area contributed by atoms with Gasteiger partial charge in [-0.25, -0.2) is 4.57 Å². The van der Waals surface area contributed by atoms with Crippen molar-refractivity contribution in [2.75, 3.05) is 40.9 Å². The minimum absolute atomic E-state index is 0.0545. The fourth-order valence-electron chi connectivity index (χ4n) is 8.44. The van der Waals surface area contributed by atoms with Crippen molar-refractivity contribution in [2.24, 2.45) is 0 Å². The summed E-state index contributed by atoms with van der Waals surface area (Å²) in [5, 5.41) is 13.8. The number of likely N-dealkylation sites (N-methyl/N-ethyl adjacent to an activating group) is 1. The predicted molar refractivity (Wildman–Crippen MR) is 286 cm³/mol. The number of quaternary nitrogens is 1. The zero-order valence-electron chi connectivity index (χ0n) is 44.4. The molecule has 0 spiro atoms. The molecule has 9 heteroatoms. The van der Waals surface area contributed by atoms with Crippen LogP contribution in [0.5, 0.6) is 0 Å². The van der Waals surface area contributed by atoms with E-state index in [9.17, 15) is 19.4 Å². The molecule has 0 saturated carbocycles. The van der Waals surface area contributed by atoms with Gasteiger partial charge < -0.3 is 19.8 Å². The van der Waals surface area contributed by atoms with Gasteiger partial charge in [0.2, 0.25) is 5.91 Å². The number of rotatable bonds is 52. The maximum Gasteiger partial charge on any atom is 0.472 e. The van der Waals surface area contributed by atoms with Crippen LogP contribution in [0.25, 0.3) is 0 Å². The lowest BCUT2D eigenvalue weighted by molar-refractivity contribution is -0.870. The quantitative estimate of drug-likeness (QED) is 0.0243. The summed E-state index contributed by atoms with van der Waals surface area (Å²) in [6, 6.07) is -0.866. The number of phosphoric acid groups is 1. The molecule has 3 N–H and O–H groups in total. The molecule has 0 bridgehead atoms. The summed E-state index contributed by atoms with van der Waals surface area (Å²) in [5.41, 5.74) is 0. The number of carbonyl (C=O) groups excluding carboxylic acids is 1. The summed E-state index contributed by atoms with van der Waals surface area (Å²) < 4.78 is 23.6. The summed E-state index contributed by atoms with van der Waals surface area (Å²) in [6.07, 6.45) is 63.0. The average Bonchev–Trinajstić information content (AvgIpc) is 3.28. The molecule has 0 aliphatic rings. The van der Waals surface area contributed by atoms with E-state index in [4.69, 9.17) is 9.05 Å². The molecule has 3 unspecified atom stereocenters. The number of carbonyl (C=O) groups is 1. The summed E-state index contributed by atoms with van der Waals surface area (Å²) >= 11 is 0. The second kappa shape index (κ2) is 48.7. The number of phosphoric ester groups is 1. The van der Waals surface area contributed by atoms with Crippen molar-refractivity contribution in [3.63, 3.8) is 0 Å². The SMILES string of the molecule is CC/C=C/CC/C=C/CC/C=C/C(O)C(COP(=O)(O)OCC[N+](C)(C)C)NC(=O)CCCCCCCCCCCCCCCCCCCCCCCCCCCCCCCCCCCC. The number of nitrogens with one attached hydrogen (secondary N) is 1. The normalized spacial score (nSPS) is 14.2. The van der Waals surface area contributed by atoms with Crippen LogP contribution in [0.3, 0.4) is 0 Å². The van der Waals surface area contributed by atoms with E-state index < -0.39 is 20.0 Å². The Labute approximate surface area is 410 Å². The molecule has 0 aliphatic carbocycles. The predicted octanol–water partition coefficient (Wildman–Crippen LogP) is 17.0. The molecule has 0 aromatic carbocycles. The lowest BCUT2D eigenvalue weighted by Gasteiger charge is -2.25. The number of aliphatic hydroxyl groups excluding tert-OH is 1. The first-order valence-electron chi connectivity index (χ1n) is 28.4. The molecule has 66 heavy (non-hydrogen) atoms. The maximum absolute atomic E-state index is 12.9. The smallest absolute Gasteiger partial charge is 0.387 e. The molecule has 0 aromatic heterocycles. The van der Waals surface area contributed by atoms with Crippen LogP contribution in [-0.4, -0.2) is 73.4 Å². The third-order valence-corrected chi connectivity index (χ3v) is 13.8. The number of nitrogens with zero attached hydrogens (tertiary/aromatic N) is 1. The number of aliphatic hydroxyl groups is 1. The molecule has 0 aliphatic heterocycles. The highest BCUT2D eigenvalue weighted by Crippen LogP contribution is 2.43. The highest BCUT2D eigenvalue weighted by molar-refractivity contribution is 7.47. The first-order chi connectivity index (χ1) is 32.0. The Hall–Kier alpha value is -1.28. The molecule has 0 rings (SSSR count). The molecule has 8 nitrogen and oxygen atoms in total. The Morgan fingerprint density at radius 3 is 1.20 bits per heavy atom. The molecular weight excluding hydrogens is 840 g/mol. The number of hydrogen-bond acceptors (Lipinski definition) is 5. The van der Waals surface area contributed by atoms with Gasteiger partial charge in [0.1, 0.15) is 13.2 Å². The van der Waals surface area contributed by atoms with Crippen LogP contribution in [-0.2, 0) is 18.4 Å². The third-order valence-electron chi connectivity index (χ3n) is 12.9. The lowest BCUT2D eigenvalue weighted by atomic mass is 10.0. The van der Waals surface area contributed by atoms with Crippen molar-refractivity contribution in [3.05, 3.63) is 36.5 Å². The number of unbranched alkanes of at least 4 members (excludes halogenated alkanes) is 35. The molecule has 0 heterocycles. The van der Waals surface area contributed by atoms with Crippen LogP contribution >= 0.6 is 7.82 Å². The Kier molecular flexibility index (Phi) is 47.8. The molecule has 390 valence electrons. The van der Waals surface area contributed by atoms with Gasteiger partial charge in [-0.1, -0.05) is 262 Å². The molecule has 1 amide bonds. The maximum atomic E-state index is 12.9. The summed E-state index contributed by atoms with van der Waals surface area (Å²) in [7, 11) is 1.55. The topological polar surface area (TPSA) is 105 Å². The monoisotopic (exact) mass is 952 g/mol. The van der Waals surface area contributed by atoms with Gasteiger partial charge in [-0.05, 0) is 38.5 Å². The molecule has 0 saturated heterocycles. The Morgan fingerprint density at radius 2 is 0.848 bits per heavy atom. The first kappa shape index (κ1) is 64.7. The Balaban J connectivity index is 3.89. The fraction of sp³-hybridized carbons (Fsp3) is 0.877. The zero-order chi connectivity index (χ0) is 48.5. The van der Waals surface area contributed by atoms with E-state index in [0.29, 0.717) is 17.4 Å². The number of amides is 1. The van der Waals surface area contributed by atoms with Crippen molar-refractivity contribution in [1.82, 2.24) is 5.32 Å². The highest BCUT2D eigenvalue weighted by atomic mass is 31.2. The van der Waals surface area contributed by atoms with Crippen LogP contribution in [0, 0.1) is 0 Å². The second-order valence-electron chi connectivity index (χ2n) is 20.6. The summed E-state index contributed by atoms with van der Waals surface area (Å²) in [5.74, 6) is -0.189. The average molecular weight is 953 g/mol.